The molecule has 1 heterocycles. The van der Waals surface area contributed by atoms with Crippen LogP contribution in [0.25, 0.3) is 0 Å². The van der Waals surface area contributed by atoms with E-state index >= 15 is 0 Å². The Morgan fingerprint density at radius 3 is 2.77 bits per heavy atom. The van der Waals surface area contributed by atoms with E-state index in [1.54, 1.807) is 0 Å². The summed E-state index contributed by atoms with van der Waals surface area (Å²) in [7, 11) is 2.19. The van der Waals surface area contributed by atoms with Gasteiger partial charge in [0, 0.05) is 25.7 Å². The second kappa shape index (κ2) is 3.90. The fourth-order valence-electron chi connectivity index (χ4n) is 1.85. The van der Waals surface area contributed by atoms with E-state index in [-0.39, 0.29) is 0 Å². The summed E-state index contributed by atoms with van der Waals surface area (Å²) in [5.74, 6) is 0. The smallest absolute Gasteiger partial charge is 0.0470 e. The zero-order valence-electron chi connectivity index (χ0n) is 8.03. The van der Waals surface area contributed by atoms with E-state index in [9.17, 15) is 0 Å². The summed E-state index contributed by atoms with van der Waals surface area (Å²) in [6.45, 7) is 3.32. The second-order valence-corrected chi connectivity index (χ2v) is 3.61. The predicted octanol–water partition coefficient (Wildman–Crippen LogP) is 1.26. The van der Waals surface area contributed by atoms with Gasteiger partial charge in [-0.15, -0.1) is 0 Å². The van der Waals surface area contributed by atoms with Crippen LogP contribution in [-0.2, 0) is 0 Å². The molecule has 2 heteroatoms. The van der Waals surface area contributed by atoms with Crippen molar-refractivity contribution in [2.45, 2.75) is 6.04 Å². The van der Waals surface area contributed by atoms with E-state index in [2.05, 4.69) is 47.6 Å². The molecule has 1 aromatic rings. The van der Waals surface area contributed by atoms with E-state index < -0.39 is 0 Å². The number of rotatable bonds is 1. The minimum absolute atomic E-state index is 0.551. The summed E-state index contributed by atoms with van der Waals surface area (Å²) in [5, 5.41) is 3.42. The van der Waals surface area contributed by atoms with Crippen molar-refractivity contribution < 1.29 is 0 Å². The highest BCUT2D eigenvalue weighted by Gasteiger charge is 2.19. The normalized spacial score (nSPS) is 24.5. The van der Waals surface area contributed by atoms with Gasteiger partial charge in [0.25, 0.3) is 0 Å². The van der Waals surface area contributed by atoms with Crippen molar-refractivity contribution in [1.82, 2.24) is 10.2 Å². The molecular weight excluding hydrogens is 160 g/mol. The predicted molar refractivity (Wildman–Crippen MR) is 54.7 cm³/mol. The number of likely N-dealkylation sites (N-methyl/N-ethyl adjacent to an activating group) is 1. The van der Waals surface area contributed by atoms with Crippen molar-refractivity contribution in [2.75, 3.05) is 26.7 Å². The van der Waals surface area contributed by atoms with Crippen LogP contribution in [0.15, 0.2) is 30.3 Å². The lowest BCUT2D eigenvalue weighted by Crippen LogP contribution is -2.43. The first-order valence-corrected chi connectivity index (χ1v) is 4.84. The number of nitrogens with one attached hydrogen (secondary N) is 1. The third kappa shape index (κ3) is 1.90. The van der Waals surface area contributed by atoms with Gasteiger partial charge in [0.05, 0.1) is 0 Å². The van der Waals surface area contributed by atoms with E-state index in [0.717, 1.165) is 19.6 Å². The molecule has 1 aliphatic heterocycles. The Balaban J connectivity index is 2.15. The van der Waals surface area contributed by atoms with Gasteiger partial charge in [-0.05, 0) is 12.6 Å². The molecule has 1 aromatic carbocycles. The largest absolute Gasteiger partial charge is 0.314 e. The maximum atomic E-state index is 3.42. The molecule has 0 bridgehead atoms. The SMILES string of the molecule is CN1CCNC[C@H]1c1ccccc1. The molecule has 0 unspecified atom stereocenters. The molecule has 2 rings (SSSR count). The lowest BCUT2D eigenvalue weighted by atomic mass is 10.0. The van der Waals surface area contributed by atoms with Crippen molar-refractivity contribution in [2.24, 2.45) is 0 Å². The summed E-state index contributed by atoms with van der Waals surface area (Å²) < 4.78 is 0. The second-order valence-electron chi connectivity index (χ2n) is 3.61. The van der Waals surface area contributed by atoms with Gasteiger partial charge in [-0.1, -0.05) is 30.3 Å². The molecule has 70 valence electrons. The van der Waals surface area contributed by atoms with Crippen LogP contribution in [0.5, 0.6) is 0 Å². The van der Waals surface area contributed by atoms with Crippen LogP contribution in [0.3, 0.4) is 0 Å². The van der Waals surface area contributed by atoms with Crippen LogP contribution < -0.4 is 5.32 Å². The molecule has 0 aliphatic carbocycles. The third-order valence-corrected chi connectivity index (χ3v) is 2.70. The van der Waals surface area contributed by atoms with Crippen molar-refractivity contribution in [3.63, 3.8) is 0 Å². The number of piperazine rings is 1. The molecule has 13 heavy (non-hydrogen) atoms. The Bertz CT molecular complexity index is 258. The van der Waals surface area contributed by atoms with Crippen molar-refractivity contribution in [3.8, 4) is 0 Å². The maximum Gasteiger partial charge on any atom is 0.0470 e. The molecule has 0 spiro atoms. The fraction of sp³-hybridized carbons (Fsp3) is 0.455. The number of benzene rings is 1. The Morgan fingerprint density at radius 2 is 2.08 bits per heavy atom. The number of hydrogen-bond donors (Lipinski definition) is 1. The minimum atomic E-state index is 0.551. The monoisotopic (exact) mass is 176 g/mol. The third-order valence-electron chi connectivity index (χ3n) is 2.70. The van der Waals surface area contributed by atoms with Crippen LogP contribution in [0.2, 0.25) is 0 Å². The molecule has 0 radical (unpaired) electrons. The highest BCUT2D eigenvalue weighted by molar-refractivity contribution is 5.19. The van der Waals surface area contributed by atoms with Crippen LogP contribution in [-0.4, -0.2) is 31.6 Å². The maximum absolute atomic E-state index is 3.42. The Labute approximate surface area is 79.6 Å². The van der Waals surface area contributed by atoms with Gasteiger partial charge in [0.2, 0.25) is 0 Å². The van der Waals surface area contributed by atoms with Crippen LogP contribution in [0.4, 0.5) is 0 Å². The molecule has 1 saturated heterocycles. The highest BCUT2D eigenvalue weighted by atomic mass is 15.2. The van der Waals surface area contributed by atoms with Gasteiger partial charge in [-0.25, -0.2) is 0 Å². The molecule has 1 N–H and O–H groups in total. The van der Waals surface area contributed by atoms with Crippen molar-refractivity contribution in [3.05, 3.63) is 35.9 Å². The first kappa shape index (κ1) is 8.73. The van der Waals surface area contributed by atoms with E-state index in [1.165, 1.54) is 5.56 Å². The Morgan fingerprint density at radius 1 is 1.31 bits per heavy atom. The topological polar surface area (TPSA) is 15.3 Å². The molecule has 1 atom stereocenters. The molecule has 2 nitrogen and oxygen atoms in total. The van der Waals surface area contributed by atoms with E-state index in [1.807, 2.05) is 0 Å². The van der Waals surface area contributed by atoms with Gasteiger partial charge < -0.3 is 5.32 Å². The van der Waals surface area contributed by atoms with Gasteiger partial charge in [-0.2, -0.15) is 0 Å². The number of hydrogen-bond acceptors (Lipinski definition) is 2. The fourth-order valence-corrected chi connectivity index (χ4v) is 1.85. The first-order chi connectivity index (χ1) is 6.38. The van der Waals surface area contributed by atoms with E-state index in [0.29, 0.717) is 6.04 Å². The zero-order valence-corrected chi connectivity index (χ0v) is 8.03. The van der Waals surface area contributed by atoms with Crippen LogP contribution >= 0.6 is 0 Å². The molecule has 0 aromatic heterocycles. The van der Waals surface area contributed by atoms with Crippen molar-refractivity contribution in [1.29, 1.82) is 0 Å². The van der Waals surface area contributed by atoms with Gasteiger partial charge in [0.1, 0.15) is 0 Å². The average molecular weight is 176 g/mol. The van der Waals surface area contributed by atoms with Gasteiger partial charge >= 0.3 is 0 Å². The minimum Gasteiger partial charge on any atom is -0.314 e. The molecule has 0 amide bonds. The molecular formula is C11H16N2. The van der Waals surface area contributed by atoms with Gasteiger partial charge in [-0.3, -0.25) is 4.90 Å². The lowest BCUT2D eigenvalue weighted by molar-refractivity contribution is 0.202. The molecule has 0 saturated carbocycles. The zero-order chi connectivity index (χ0) is 9.10. The van der Waals surface area contributed by atoms with Crippen molar-refractivity contribution >= 4 is 0 Å². The summed E-state index contributed by atoms with van der Waals surface area (Å²) in [6.07, 6.45) is 0. The highest BCUT2D eigenvalue weighted by Crippen LogP contribution is 2.19. The Kier molecular flexibility index (Phi) is 2.62. The lowest BCUT2D eigenvalue weighted by Gasteiger charge is -2.33. The Hall–Kier alpha value is -0.860. The van der Waals surface area contributed by atoms with Gasteiger partial charge in [0.15, 0.2) is 0 Å². The standard InChI is InChI=1S/C11H16N2/c1-13-8-7-12-9-11(13)10-5-3-2-4-6-10/h2-6,11-12H,7-9H2,1H3/t11-/m0/s1. The molecule has 1 aliphatic rings. The van der Waals surface area contributed by atoms with E-state index in [4.69, 9.17) is 0 Å². The van der Waals surface area contributed by atoms with Crippen LogP contribution in [0, 0.1) is 0 Å². The summed E-state index contributed by atoms with van der Waals surface area (Å²) in [6, 6.07) is 11.2. The van der Waals surface area contributed by atoms with Crippen LogP contribution in [0.1, 0.15) is 11.6 Å². The summed E-state index contributed by atoms with van der Waals surface area (Å²) >= 11 is 0. The number of nitrogens with zero attached hydrogens (tertiary/aromatic N) is 1. The first-order valence-electron chi connectivity index (χ1n) is 4.84. The molecule has 1 fully saturated rings. The quantitative estimate of drug-likeness (QED) is 0.693. The summed E-state index contributed by atoms with van der Waals surface area (Å²) in [5.41, 5.74) is 1.41. The average Bonchev–Trinajstić information content (AvgIpc) is 2.20. The summed E-state index contributed by atoms with van der Waals surface area (Å²) in [4.78, 5) is 2.41.